The molecule has 1 rings (SSSR count). The van der Waals surface area contributed by atoms with Crippen LogP contribution in [0.2, 0.25) is 0 Å². The molecule has 2 N–H and O–H groups in total. The summed E-state index contributed by atoms with van der Waals surface area (Å²) in [6, 6.07) is 2.28. The Kier molecular flexibility index (Phi) is 3.56. The van der Waals surface area contributed by atoms with Gasteiger partial charge in [0.05, 0.1) is 6.61 Å². The first-order valence-electron chi connectivity index (χ1n) is 4.50. The van der Waals surface area contributed by atoms with Crippen LogP contribution in [0.3, 0.4) is 0 Å². The second-order valence-electron chi connectivity index (χ2n) is 3.24. The highest BCUT2D eigenvalue weighted by molar-refractivity contribution is 5.92. The van der Waals surface area contributed by atoms with Crippen molar-refractivity contribution in [2.75, 3.05) is 6.61 Å². The molecule has 0 aromatic carbocycles. The Labute approximate surface area is 86.5 Å². The van der Waals surface area contributed by atoms with Crippen molar-refractivity contribution >= 4 is 5.91 Å². The van der Waals surface area contributed by atoms with Gasteiger partial charge in [-0.05, 0) is 13.0 Å². The molecule has 6 heteroatoms. The summed E-state index contributed by atoms with van der Waals surface area (Å²) in [5.41, 5.74) is -0.126. The van der Waals surface area contributed by atoms with Gasteiger partial charge in [-0.15, -0.1) is 0 Å². The smallest absolute Gasteiger partial charge is 0.272 e. The van der Waals surface area contributed by atoms with Crippen molar-refractivity contribution in [1.82, 2.24) is 15.1 Å². The molecule has 6 nitrogen and oxygen atoms in total. The lowest BCUT2D eigenvalue weighted by Crippen LogP contribution is -2.36. The molecule has 15 heavy (non-hydrogen) atoms. The lowest BCUT2D eigenvalue weighted by Gasteiger charge is -2.10. The summed E-state index contributed by atoms with van der Waals surface area (Å²) in [4.78, 5) is 22.5. The SMILES string of the molecule is C[C@H](CO)NC(=O)c1ccc(=O)n(C)n1. The van der Waals surface area contributed by atoms with Crippen LogP contribution in [-0.2, 0) is 7.05 Å². The minimum atomic E-state index is -0.410. The first-order chi connectivity index (χ1) is 7.04. The number of aryl methyl sites for hydroxylation is 1. The van der Waals surface area contributed by atoms with E-state index in [4.69, 9.17) is 5.11 Å². The number of hydrogen-bond donors (Lipinski definition) is 2. The summed E-state index contributed by atoms with van der Waals surface area (Å²) in [5.74, 6) is -0.410. The molecule has 1 amide bonds. The van der Waals surface area contributed by atoms with Gasteiger partial charge in [0.25, 0.3) is 11.5 Å². The van der Waals surface area contributed by atoms with Gasteiger partial charge in [-0.25, -0.2) is 4.68 Å². The third kappa shape index (κ3) is 2.88. The number of nitrogens with one attached hydrogen (secondary N) is 1. The van der Waals surface area contributed by atoms with Gasteiger partial charge in [-0.1, -0.05) is 0 Å². The topological polar surface area (TPSA) is 84.2 Å². The van der Waals surface area contributed by atoms with E-state index < -0.39 is 5.91 Å². The van der Waals surface area contributed by atoms with Crippen molar-refractivity contribution in [3.63, 3.8) is 0 Å². The van der Waals surface area contributed by atoms with Gasteiger partial charge in [-0.2, -0.15) is 5.10 Å². The van der Waals surface area contributed by atoms with Crippen molar-refractivity contribution in [3.05, 3.63) is 28.2 Å². The van der Waals surface area contributed by atoms with Crippen LogP contribution in [0.15, 0.2) is 16.9 Å². The van der Waals surface area contributed by atoms with Crippen LogP contribution in [0.4, 0.5) is 0 Å². The zero-order valence-electron chi connectivity index (χ0n) is 8.60. The van der Waals surface area contributed by atoms with Crippen molar-refractivity contribution < 1.29 is 9.90 Å². The van der Waals surface area contributed by atoms with Crippen LogP contribution in [0, 0.1) is 0 Å². The molecule has 1 aromatic heterocycles. The van der Waals surface area contributed by atoms with Crippen LogP contribution in [-0.4, -0.2) is 33.4 Å². The number of carbonyl (C=O) groups excluding carboxylic acids is 1. The van der Waals surface area contributed by atoms with Crippen molar-refractivity contribution in [2.24, 2.45) is 7.05 Å². The predicted octanol–water partition coefficient (Wildman–Crippen LogP) is -1.11. The molecule has 0 aliphatic carbocycles. The van der Waals surface area contributed by atoms with E-state index in [1.807, 2.05) is 0 Å². The van der Waals surface area contributed by atoms with E-state index in [1.165, 1.54) is 19.2 Å². The molecule has 0 bridgehead atoms. The number of aliphatic hydroxyl groups is 1. The Hall–Kier alpha value is -1.69. The lowest BCUT2D eigenvalue weighted by atomic mass is 10.3. The molecule has 1 aromatic rings. The monoisotopic (exact) mass is 211 g/mol. The first-order valence-corrected chi connectivity index (χ1v) is 4.50. The first kappa shape index (κ1) is 11.4. The fourth-order valence-corrected chi connectivity index (χ4v) is 0.967. The third-order valence-electron chi connectivity index (χ3n) is 1.84. The Morgan fingerprint density at radius 1 is 1.67 bits per heavy atom. The van der Waals surface area contributed by atoms with E-state index in [0.29, 0.717) is 0 Å². The van der Waals surface area contributed by atoms with E-state index in [0.717, 1.165) is 4.68 Å². The van der Waals surface area contributed by atoms with E-state index in [9.17, 15) is 9.59 Å². The van der Waals surface area contributed by atoms with Crippen LogP contribution >= 0.6 is 0 Å². The molecule has 0 spiro atoms. The second-order valence-corrected chi connectivity index (χ2v) is 3.24. The van der Waals surface area contributed by atoms with Crippen LogP contribution in [0.1, 0.15) is 17.4 Å². The Morgan fingerprint density at radius 2 is 2.33 bits per heavy atom. The molecule has 0 aliphatic heterocycles. The van der Waals surface area contributed by atoms with Gasteiger partial charge in [0.15, 0.2) is 0 Å². The van der Waals surface area contributed by atoms with Crippen LogP contribution in [0.5, 0.6) is 0 Å². The minimum Gasteiger partial charge on any atom is -0.394 e. The third-order valence-corrected chi connectivity index (χ3v) is 1.84. The molecule has 0 saturated carbocycles. The highest BCUT2D eigenvalue weighted by Crippen LogP contribution is 1.91. The van der Waals surface area contributed by atoms with Crippen molar-refractivity contribution in [1.29, 1.82) is 0 Å². The number of rotatable bonds is 3. The molecule has 0 saturated heterocycles. The molecule has 0 unspecified atom stereocenters. The minimum absolute atomic E-state index is 0.141. The van der Waals surface area contributed by atoms with Gasteiger partial charge in [0, 0.05) is 19.2 Å². The second kappa shape index (κ2) is 4.70. The number of aromatic nitrogens is 2. The highest BCUT2D eigenvalue weighted by atomic mass is 16.3. The largest absolute Gasteiger partial charge is 0.394 e. The fraction of sp³-hybridized carbons (Fsp3) is 0.444. The quantitative estimate of drug-likeness (QED) is 0.664. The van der Waals surface area contributed by atoms with Crippen molar-refractivity contribution in [3.8, 4) is 0 Å². The maximum Gasteiger partial charge on any atom is 0.272 e. The highest BCUT2D eigenvalue weighted by Gasteiger charge is 2.10. The normalized spacial score (nSPS) is 12.2. The number of nitrogens with zero attached hydrogens (tertiary/aromatic N) is 2. The van der Waals surface area contributed by atoms with Crippen LogP contribution in [0.25, 0.3) is 0 Å². The Bertz CT molecular complexity index is 413. The number of amides is 1. The lowest BCUT2D eigenvalue weighted by molar-refractivity contribution is 0.0915. The Balaban J connectivity index is 2.83. The van der Waals surface area contributed by atoms with E-state index in [-0.39, 0.29) is 23.9 Å². The van der Waals surface area contributed by atoms with Gasteiger partial charge in [0.1, 0.15) is 5.69 Å². The van der Waals surface area contributed by atoms with Gasteiger partial charge in [0.2, 0.25) is 0 Å². The number of carbonyl (C=O) groups is 1. The zero-order chi connectivity index (χ0) is 11.4. The maximum absolute atomic E-state index is 11.5. The van der Waals surface area contributed by atoms with Crippen LogP contribution < -0.4 is 10.9 Å². The average molecular weight is 211 g/mol. The van der Waals surface area contributed by atoms with Gasteiger partial charge >= 0.3 is 0 Å². The predicted molar refractivity (Wildman–Crippen MR) is 53.5 cm³/mol. The van der Waals surface area contributed by atoms with E-state index in [1.54, 1.807) is 6.92 Å². The summed E-state index contributed by atoms with van der Waals surface area (Å²) in [5, 5.41) is 15.0. The maximum atomic E-state index is 11.5. The molecule has 1 heterocycles. The Morgan fingerprint density at radius 3 is 2.87 bits per heavy atom. The summed E-state index contributed by atoms with van der Waals surface area (Å²) < 4.78 is 1.08. The summed E-state index contributed by atoms with van der Waals surface area (Å²) in [6.45, 7) is 1.53. The fourth-order valence-electron chi connectivity index (χ4n) is 0.967. The zero-order valence-corrected chi connectivity index (χ0v) is 8.60. The van der Waals surface area contributed by atoms with Gasteiger partial charge in [-0.3, -0.25) is 9.59 Å². The molecular formula is C9H13N3O3. The molecular weight excluding hydrogens is 198 g/mol. The van der Waals surface area contributed by atoms with Crippen molar-refractivity contribution in [2.45, 2.75) is 13.0 Å². The molecule has 1 atom stereocenters. The average Bonchev–Trinajstić information content (AvgIpc) is 2.21. The molecule has 0 aliphatic rings. The van der Waals surface area contributed by atoms with E-state index in [2.05, 4.69) is 10.4 Å². The number of aliphatic hydroxyl groups excluding tert-OH is 1. The molecule has 0 radical (unpaired) electrons. The standard InChI is InChI=1S/C9H13N3O3/c1-6(5-13)10-9(15)7-3-4-8(14)12(2)11-7/h3-4,6,13H,5H2,1-2H3,(H,10,15)/t6-/m1/s1. The summed E-state index contributed by atoms with van der Waals surface area (Å²) in [6.07, 6.45) is 0. The van der Waals surface area contributed by atoms with Gasteiger partial charge < -0.3 is 10.4 Å². The summed E-state index contributed by atoms with van der Waals surface area (Å²) >= 11 is 0. The number of hydrogen-bond acceptors (Lipinski definition) is 4. The summed E-state index contributed by atoms with van der Waals surface area (Å²) in [7, 11) is 1.47. The molecule has 82 valence electrons. The molecule has 0 fully saturated rings. The van der Waals surface area contributed by atoms with E-state index >= 15 is 0 Å².